The highest BCUT2D eigenvalue weighted by atomic mass is 16.4. The summed E-state index contributed by atoms with van der Waals surface area (Å²) in [7, 11) is 0. The van der Waals surface area contributed by atoms with Crippen LogP contribution in [0.3, 0.4) is 0 Å². The van der Waals surface area contributed by atoms with Gasteiger partial charge in [0.2, 0.25) is 0 Å². The number of aryl methyl sites for hydroxylation is 1. The van der Waals surface area contributed by atoms with E-state index in [9.17, 15) is 0 Å². The zero-order valence-electron chi connectivity index (χ0n) is 10.3. The molecule has 0 aliphatic carbocycles. The van der Waals surface area contributed by atoms with Gasteiger partial charge >= 0.3 is 0 Å². The molecule has 1 rings (SSSR count). The zero-order chi connectivity index (χ0) is 12.7. The van der Waals surface area contributed by atoms with Crippen molar-refractivity contribution in [3.8, 4) is 0 Å². The van der Waals surface area contributed by atoms with Crippen LogP contribution in [0.15, 0.2) is 17.5 Å². The van der Waals surface area contributed by atoms with Crippen molar-refractivity contribution in [2.45, 2.75) is 26.7 Å². The first kappa shape index (κ1) is 13.2. The van der Waals surface area contributed by atoms with Gasteiger partial charge in [0.25, 0.3) is 0 Å². The van der Waals surface area contributed by atoms with E-state index >= 15 is 0 Å². The minimum Gasteiger partial charge on any atom is -0.409 e. The van der Waals surface area contributed by atoms with Gasteiger partial charge in [0, 0.05) is 31.3 Å². The number of aromatic nitrogens is 2. The Labute approximate surface area is 101 Å². The van der Waals surface area contributed by atoms with Crippen LogP contribution in [0.4, 0.5) is 5.82 Å². The highest BCUT2D eigenvalue weighted by molar-refractivity contribution is 5.80. The summed E-state index contributed by atoms with van der Waals surface area (Å²) in [5.41, 5.74) is 6.46. The molecule has 17 heavy (non-hydrogen) atoms. The van der Waals surface area contributed by atoms with Gasteiger partial charge in [-0.3, -0.25) is 0 Å². The molecule has 0 amide bonds. The molecule has 0 saturated heterocycles. The predicted octanol–water partition coefficient (Wildman–Crippen LogP) is 1.00. The van der Waals surface area contributed by atoms with Gasteiger partial charge in [-0.25, -0.2) is 9.97 Å². The molecule has 0 spiro atoms. The fraction of sp³-hybridized carbons (Fsp3) is 0.545. The molecule has 6 heteroatoms. The molecule has 0 radical (unpaired) electrons. The average molecular weight is 237 g/mol. The van der Waals surface area contributed by atoms with E-state index in [1.807, 2.05) is 13.0 Å². The number of amidine groups is 1. The van der Waals surface area contributed by atoms with Crippen molar-refractivity contribution in [3.63, 3.8) is 0 Å². The Hall–Kier alpha value is -1.85. The van der Waals surface area contributed by atoms with Crippen molar-refractivity contribution in [1.82, 2.24) is 9.97 Å². The van der Waals surface area contributed by atoms with Gasteiger partial charge in [-0.2, -0.15) is 0 Å². The van der Waals surface area contributed by atoms with E-state index in [0.717, 1.165) is 24.5 Å². The molecule has 0 saturated carbocycles. The summed E-state index contributed by atoms with van der Waals surface area (Å²) in [4.78, 5) is 10.5. The Morgan fingerprint density at radius 1 is 1.47 bits per heavy atom. The summed E-state index contributed by atoms with van der Waals surface area (Å²) < 4.78 is 0. The molecule has 0 aliphatic heterocycles. The van der Waals surface area contributed by atoms with Crippen LogP contribution < -0.4 is 10.6 Å². The van der Waals surface area contributed by atoms with Crippen molar-refractivity contribution >= 4 is 11.7 Å². The summed E-state index contributed by atoms with van der Waals surface area (Å²) in [5.74, 6) is 1.11. The van der Waals surface area contributed by atoms with Crippen LogP contribution in [-0.2, 0) is 6.42 Å². The summed E-state index contributed by atoms with van der Waals surface area (Å²) in [6.45, 7) is 5.59. The van der Waals surface area contributed by atoms with Gasteiger partial charge in [0.15, 0.2) is 0 Å². The normalized spacial score (nSPS) is 11.5. The molecule has 94 valence electrons. The summed E-state index contributed by atoms with van der Waals surface area (Å²) in [6.07, 6.45) is 2.96. The molecule has 0 aliphatic rings. The first-order valence-corrected chi connectivity index (χ1v) is 5.73. The first-order valence-electron chi connectivity index (χ1n) is 5.73. The Morgan fingerprint density at radius 2 is 2.24 bits per heavy atom. The van der Waals surface area contributed by atoms with E-state index in [1.165, 1.54) is 0 Å². The Balaban J connectivity index is 2.71. The number of nitrogens with two attached hydrogens (primary N) is 1. The van der Waals surface area contributed by atoms with E-state index < -0.39 is 0 Å². The maximum absolute atomic E-state index is 8.49. The molecule has 1 heterocycles. The monoisotopic (exact) mass is 237 g/mol. The number of nitrogens with zero attached hydrogens (tertiary/aromatic N) is 4. The van der Waals surface area contributed by atoms with E-state index in [4.69, 9.17) is 10.9 Å². The fourth-order valence-corrected chi connectivity index (χ4v) is 1.49. The van der Waals surface area contributed by atoms with Crippen LogP contribution in [0.1, 0.15) is 26.0 Å². The molecule has 1 aromatic rings. The lowest BCUT2D eigenvalue weighted by Crippen LogP contribution is -2.28. The van der Waals surface area contributed by atoms with Crippen LogP contribution in [0.25, 0.3) is 0 Å². The zero-order valence-corrected chi connectivity index (χ0v) is 10.3. The molecule has 0 atom stereocenters. The molecular formula is C11H19N5O. The molecule has 6 nitrogen and oxygen atoms in total. The van der Waals surface area contributed by atoms with E-state index in [0.29, 0.717) is 13.0 Å². The largest absolute Gasteiger partial charge is 0.409 e. The van der Waals surface area contributed by atoms with Crippen LogP contribution in [-0.4, -0.2) is 34.1 Å². The van der Waals surface area contributed by atoms with Gasteiger partial charge in [-0.05, 0) is 13.3 Å². The fourth-order valence-electron chi connectivity index (χ4n) is 1.49. The van der Waals surface area contributed by atoms with Gasteiger partial charge in [-0.1, -0.05) is 12.1 Å². The summed E-state index contributed by atoms with van der Waals surface area (Å²) in [5, 5.41) is 11.4. The first-order chi connectivity index (χ1) is 8.21. The molecule has 1 aromatic heterocycles. The molecule has 0 unspecified atom stereocenters. The third-order valence-corrected chi connectivity index (χ3v) is 2.54. The van der Waals surface area contributed by atoms with Crippen LogP contribution in [0.5, 0.6) is 0 Å². The quantitative estimate of drug-likeness (QED) is 0.333. The molecule has 3 N–H and O–H groups in total. The van der Waals surface area contributed by atoms with Crippen LogP contribution >= 0.6 is 0 Å². The number of oxime groups is 1. The van der Waals surface area contributed by atoms with E-state index in [2.05, 4.69) is 26.9 Å². The standard InChI is InChI=1S/C11H19N5O/c1-3-9-7-11(14-8-13-9)16(4-2)6-5-10(12)15-17/h7-8,17H,3-6H2,1-2H3,(H2,12,15). The molecular weight excluding hydrogens is 218 g/mol. The lowest BCUT2D eigenvalue weighted by Gasteiger charge is -2.21. The molecule has 0 fully saturated rings. The number of hydrogen-bond donors (Lipinski definition) is 2. The predicted molar refractivity (Wildman–Crippen MR) is 67.3 cm³/mol. The molecule has 0 aromatic carbocycles. The highest BCUT2D eigenvalue weighted by Crippen LogP contribution is 2.11. The second-order valence-electron chi connectivity index (χ2n) is 3.64. The minimum atomic E-state index is 0.230. The lowest BCUT2D eigenvalue weighted by atomic mass is 10.3. The maximum Gasteiger partial charge on any atom is 0.140 e. The Bertz CT molecular complexity index is 380. The number of anilines is 1. The Kier molecular flexibility index (Phi) is 5.19. The summed E-state index contributed by atoms with van der Waals surface area (Å²) >= 11 is 0. The second-order valence-corrected chi connectivity index (χ2v) is 3.64. The minimum absolute atomic E-state index is 0.230. The van der Waals surface area contributed by atoms with Crippen molar-refractivity contribution in [2.75, 3.05) is 18.0 Å². The smallest absolute Gasteiger partial charge is 0.140 e. The van der Waals surface area contributed by atoms with E-state index in [-0.39, 0.29) is 5.84 Å². The van der Waals surface area contributed by atoms with E-state index in [1.54, 1.807) is 6.33 Å². The number of hydrogen-bond acceptors (Lipinski definition) is 5. The highest BCUT2D eigenvalue weighted by Gasteiger charge is 2.07. The topological polar surface area (TPSA) is 87.6 Å². The van der Waals surface area contributed by atoms with Gasteiger partial charge < -0.3 is 15.8 Å². The van der Waals surface area contributed by atoms with Crippen molar-refractivity contribution in [1.29, 1.82) is 0 Å². The Morgan fingerprint density at radius 3 is 2.82 bits per heavy atom. The van der Waals surface area contributed by atoms with Crippen molar-refractivity contribution in [3.05, 3.63) is 18.1 Å². The third kappa shape index (κ3) is 3.90. The second kappa shape index (κ2) is 6.67. The van der Waals surface area contributed by atoms with Gasteiger partial charge in [-0.15, -0.1) is 0 Å². The van der Waals surface area contributed by atoms with Gasteiger partial charge in [0.1, 0.15) is 18.0 Å². The van der Waals surface area contributed by atoms with Crippen molar-refractivity contribution < 1.29 is 5.21 Å². The third-order valence-electron chi connectivity index (χ3n) is 2.54. The van der Waals surface area contributed by atoms with Crippen LogP contribution in [0, 0.1) is 0 Å². The SMILES string of the molecule is CCc1cc(N(CC)CC/C(N)=N/O)ncn1. The van der Waals surface area contributed by atoms with Crippen LogP contribution in [0.2, 0.25) is 0 Å². The average Bonchev–Trinajstić information content (AvgIpc) is 2.39. The lowest BCUT2D eigenvalue weighted by molar-refractivity contribution is 0.317. The van der Waals surface area contributed by atoms with Crippen molar-refractivity contribution in [2.24, 2.45) is 10.9 Å². The molecule has 0 bridgehead atoms. The summed E-state index contributed by atoms with van der Waals surface area (Å²) in [6, 6.07) is 1.97. The number of rotatable bonds is 6. The van der Waals surface area contributed by atoms with Gasteiger partial charge in [0.05, 0.1) is 0 Å². The maximum atomic E-state index is 8.49.